The zero-order valence-corrected chi connectivity index (χ0v) is 24.1. The van der Waals surface area contributed by atoms with E-state index in [1.807, 2.05) is 48.5 Å². The lowest BCUT2D eigenvalue weighted by Gasteiger charge is -2.12. The van der Waals surface area contributed by atoms with Crippen molar-refractivity contribution in [1.29, 1.82) is 0 Å². The van der Waals surface area contributed by atoms with Crippen molar-refractivity contribution >= 4 is 91.3 Å². The van der Waals surface area contributed by atoms with Crippen LogP contribution in [0.3, 0.4) is 0 Å². The lowest BCUT2D eigenvalue weighted by atomic mass is 10.1. The molecule has 35 heavy (non-hydrogen) atoms. The number of halogens is 4. The maximum Gasteiger partial charge on any atom is 0.275 e. The molecule has 1 amide bonds. The largest absolute Gasteiger partial charge is 0.496 e. The Balaban J connectivity index is 1.46. The van der Waals surface area contributed by atoms with Gasteiger partial charge in [-0.3, -0.25) is 4.79 Å². The van der Waals surface area contributed by atoms with E-state index in [-0.39, 0.29) is 5.91 Å². The third-order valence-electron chi connectivity index (χ3n) is 5.10. The van der Waals surface area contributed by atoms with Crippen LogP contribution in [0.2, 0.25) is 10.0 Å². The molecule has 0 aliphatic rings. The van der Waals surface area contributed by atoms with Gasteiger partial charge < -0.3 is 9.47 Å². The summed E-state index contributed by atoms with van der Waals surface area (Å²) in [5, 5.41) is 7.22. The molecule has 0 atom stereocenters. The highest BCUT2D eigenvalue weighted by Crippen LogP contribution is 2.31. The summed E-state index contributed by atoms with van der Waals surface area (Å²) >= 11 is 16.6. The molecule has 0 aliphatic carbocycles. The van der Waals surface area contributed by atoms with Crippen LogP contribution in [0, 0.1) is 7.14 Å². The summed E-state index contributed by atoms with van der Waals surface area (Å²) in [4.78, 5) is 12.8. The summed E-state index contributed by atoms with van der Waals surface area (Å²) in [6.45, 7) is 0.319. The molecule has 0 saturated carbocycles. The molecule has 0 aromatic heterocycles. The highest BCUT2D eigenvalue weighted by atomic mass is 127. The van der Waals surface area contributed by atoms with Crippen molar-refractivity contribution in [3.63, 3.8) is 0 Å². The number of hydrogen-bond donors (Lipinski definition) is 1. The average Bonchev–Trinajstić information content (AvgIpc) is 2.83. The van der Waals surface area contributed by atoms with Gasteiger partial charge >= 0.3 is 0 Å². The predicted octanol–water partition coefficient (Wildman–Crippen LogP) is 7.71. The highest BCUT2D eigenvalue weighted by molar-refractivity contribution is 14.1. The van der Waals surface area contributed by atoms with Crippen molar-refractivity contribution in [2.45, 2.75) is 6.61 Å². The number of benzene rings is 4. The van der Waals surface area contributed by atoms with Crippen molar-refractivity contribution in [2.75, 3.05) is 7.11 Å². The summed E-state index contributed by atoms with van der Waals surface area (Å²) < 4.78 is 13.2. The molecule has 5 nitrogen and oxygen atoms in total. The zero-order chi connectivity index (χ0) is 24.9. The predicted molar refractivity (Wildman–Crippen MR) is 158 cm³/mol. The molecule has 0 saturated heterocycles. The fourth-order valence-electron chi connectivity index (χ4n) is 3.37. The molecule has 0 spiro atoms. The molecule has 4 rings (SSSR count). The van der Waals surface area contributed by atoms with Crippen LogP contribution in [-0.2, 0) is 6.61 Å². The van der Waals surface area contributed by atoms with Gasteiger partial charge in [-0.05, 0) is 97.9 Å². The van der Waals surface area contributed by atoms with Crippen LogP contribution >= 0.6 is 68.4 Å². The van der Waals surface area contributed by atoms with Crippen LogP contribution in [-0.4, -0.2) is 19.2 Å². The lowest BCUT2D eigenvalue weighted by Crippen LogP contribution is -2.18. The lowest BCUT2D eigenvalue weighted by molar-refractivity contribution is 0.0952. The first-order valence-corrected chi connectivity index (χ1v) is 13.2. The third-order valence-corrected chi connectivity index (χ3v) is 7.29. The number of nitrogens with zero attached hydrogens (tertiary/aromatic N) is 1. The summed E-state index contributed by atoms with van der Waals surface area (Å²) in [6, 6.07) is 20.6. The first kappa shape index (κ1) is 26.0. The van der Waals surface area contributed by atoms with Crippen molar-refractivity contribution in [1.82, 2.24) is 5.43 Å². The Labute approximate surface area is 240 Å². The molecule has 0 aliphatic heterocycles. The standard InChI is InChI=1S/C26H18Cl2I2N2O3/c1-34-24-11-17-5-3-2-4-16(17)10-20(24)26(33)32-31-13-15-8-22(29)25(23(30)9-15)35-14-18-6-7-19(27)12-21(18)28/h2-13H,14H2,1H3,(H,32,33)/b31-13-. The second-order valence-corrected chi connectivity index (χ2v) is 10.6. The number of methoxy groups -OCH3 is 1. The zero-order valence-electron chi connectivity index (χ0n) is 18.3. The van der Waals surface area contributed by atoms with Crippen LogP contribution in [0.1, 0.15) is 21.5 Å². The minimum absolute atomic E-state index is 0.319. The number of fused-ring (bicyclic) bond motifs is 1. The van der Waals surface area contributed by atoms with E-state index in [4.69, 9.17) is 32.7 Å². The summed E-state index contributed by atoms with van der Waals surface area (Å²) in [7, 11) is 1.54. The van der Waals surface area contributed by atoms with E-state index < -0.39 is 0 Å². The Morgan fingerprint density at radius 2 is 1.69 bits per heavy atom. The van der Waals surface area contributed by atoms with Crippen molar-refractivity contribution in [3.05, 3.63) is 101 Å². The van der Waals surface area contributed by atoms with Crippen LogP contribution in [0.4, 0.5) is 0 Å². The Morgan fingerprint density at radius 1 is 1.00 bits per heavy atom. The summed E-state index contributed by atoms with van der Waals surface area (Å²) in [5.41, 5.74) is 4.67. The number of rotatable bonds is 7. The number of hydrogen-bond acceptors (Lipinski definition) is 4. The quantitative estimate of drug-likeness (QED) is 0.121. The number of carbonyl (C=O) groups is 1. The van der Waals surface area contributed by atoms with Crippen molar-refractivity contribution in [2.24, 2.45) is 5.10 Å². The molecule has 178 valence electrons. The van der Waals surface area contributed by atoms with Gasteiger partial charge in [0.1, 0.15) is 18.1 Å². The molecule has 9 heteroatoms. The van der Waals surface area contributed by atoms with Gasteiger partial charge in [0.25, 0.3) is 5.91 Å². The molecule has 4 aromatic rings. The first-order valence-electron chi connectivity index (χ1n) is 10.3. The molecule has 0 bridgehead atoms. The van der Waals surface area contributed by atoms with E-state index in [9.17, 15) is 4.79 Å². The maximum atomic E-state index is 12.8. The van der Waals surface area contributed by atoms with Crippen LogP contribution in [0.25, 0.3) is 10.8 Å². The Bertz CT molecular complexity index is 1420. The Hall–Kier alpha value is -2.08. The normalized spacial score (nSPS) is 11.1. The van der Waals surface area contributed by atoms with E-state index in [0.29, 0.717) is 28.0 Å². The SMILES string of the molecule is COc1cc2ccccc2cc1C(=O)N/N=C\c1cc(I)c(OCc2ccc(Cl)cc2Cl)c(I)c1. The van der Waals surface area contributed by atoms with Gasteiger partial charge in [0, 0.05) is 15.6 Å². The molecular weight excluding hydrogens is 713 g/mol. The van der Waals surface area contributed by atoms with E-state index in [1.165, 1.54) is 0 Å². The van der Waals surface area contributed by atoms with Gasteiger partial charge in [-0.15, -0.1) is 0 Å². The first-order chi connectivity index (χ1) is 16.9. The number of amides is 1. The smallest absolute Gasteiger partial charge is 0.275 e. The number of ether oxygens (including phenoxy) is 2. The topological polar surface area (TPSA) is 59.9 Å². The molecule has 0 radical (unpaired) electrons. The van der Waals surface area contributed by atoms with Crippen molar-refractivity contribution < 1.29 is 14.3 Å². The minimum Gasteiger partial charge on any atom is -0.496 e. The van der Waals surface area contributed by atoms with E-state index >= 15 is 0 Å². The number of carbonyl (C=O) groups excluding carboxylic acids is 1. The van der Waals surface area contributed by atoms with Gasteiger partial charge in [0.2, 0.25) is 0 Å². The van der Waals surface area contributed by atoms with Gasteiger partial charge in [0.15, 0.2) is 0 Å². The Kier molecular flexibility index (Phi) is 8.74. The third kappa shape index (κ3) is 6.38. The van der Waals surface area contributed by atoms with Crippen LogP contribution in [0.5, 0.6) is 11.5 Å². The second-order valence-electron chi connectivity index (χ2n) is 7.44. The van der Waals surface area contributed by atoms with Crippen molar-refractivity contribution in [3.8, 4) is 11.5 Å². The molecular formula is C26H18Cl2I2N2O3. The van der Waals surface area contributed by atoms with Gasteiger partial charge in [-0.1, -0.05) is 53.5 Å². The summed E-state index contributed by atoms with van der Waals surface area (Å²) in [6.07, 6.45) is 1.59. The van der Waals surface area contributed by atoms with Crippen LogP contribution in [0.15, 0.2) is 71.8 Å². The fourth-order valence-corrected chi connectivity index (χ4v) is 5.96. The average molecular weight is 731 g/mol. The Morgan fingerprint density at radius 3 is 2.34 bits per heavy atom. The molecule has 0 unspecified atom stereocenters. The number of hydrazone groups is 1. The van der Waals surface area contributed by atoms with E-state index in [2.05, 4.69) is 55.7 Å². The fraction of sp³-hybridized carbons (Fsp3) is 0.0769. The maximum absolute atomic E-state index is 12.8. The molecule has 0 heterocycles. The highest BCUT2D eigenvalue weighted by Gasteiger charge is 2.14. The van der Waals surface area contributed by atoms with E-state index in [0.717, 1.165) is 34.8 Å². The minimum atomic E-state index is -0.354. The van der Waals surface area contributed by atoms with E-state index in [1.54, 1.807) is 31.5 Å². The van der Waals surface area contributed by atoms with Gasteiger partial charge in [-0.2, -0.15) is 5.10 Å². The van der Waals surface area contributed by atoms with Gasteiger partial charge in [0.05, 0.1) is 26.0 Å². The second kappa shape index (κ2) is 11.8. The summed E-state index contributed by atoms with van der Waals surface area (Å²) in [5.74, 6) is 0.884. The van der Waals surface area contributed by atoms with Crippen LogP contribution < -0.4 is 14.9 Å². The molecule has 0 fully saturated rings. The van der Waals surface area contributed by atoms with Gasteiger partial charge in [-0.25, -0.2) is 5.43 Å². The molecule has 1 N–H and O–H groups in total. The monoisotopic (exact) mass is 730 g/mol. The number of nitrogens with one attached hydrogen (secondary N) is 1. The molecule has 4 aromatic carbocycles.